The first-order valence-electron chi connectivity index (χ1n) is 11.7. The lowest BCUT2D eigenvalue weighted by molar-refractivity contribution is 0.102. The number of fused-ring (bicyclic) bond motifs is 1. The van der Waals surface area contributed by atoms with Gasteiger partial charge in [-0.25, -0.2) is 18.1 Å². The first-order valence-corrected chi connectivity index (χ1v) is 13.2. The zero-order valence-corrected chi connectivity index (χ0v) is 22.1. The van der Waals surface area contributed by atoms with E-state index in [1.54, 1.807) is 24.4 Å². The largest absolute Gasteiger partial charge is 0.322 e. The van der Waals surface area contributed by atoms with E-state index in [1.165, 1.54) is 4.31 Å². The van der Waals surface area contributed by atoms with Gasteiger partial charge in [-0.15, -0.1) is 0 Å². The van der Waals surface area contributed by atoms with Gasteiger partial charge in [0, 0.05) is 30.5 Å². The molecule has 0 aliphatic rings. The minimum Gasteiger partial charge on any atom is -0.322 e. The summed E-state index contributed by atoms with van der Waals surface area (Å²) >= 11 is 0. The van der Waals surface area contributed by atoms with Gasteiger partial charge >= 0.3 is 0 Å². The maximum Gasteiger partial charge on any atom is 0.256 e. The van der Waals surface area contributed by atoms with Crippen molar-refractivity contribution in [2.45, 2.75) is 72.2 Å². The highest BCUT2D eigenvalue weighted by molar-refractivity contribution is 7.89. The van der Waals surface area contributed by atoms with Gasteiger partial charge in [0.05, 0.1) is 22.0 Å². The number of sulfonamides is 1. The van der Waals surface area contributed by atoms with E-state index in [4.69, 9.17) is 4.98 Å². The number of hydrogen-bond acceptors (Lipinski definition) is 5. The normalized spacial score (nSPS) is 12.3. The summed E-state index contributed by atoms with van der Waals surface area (Å²) in [6.07, 6.45) is 1.67. The highest BCUT2D eigenvalue weighted by Gasteiger charge is 2.25. The Morgan fingerprint density at radius 3 is 2.29 bits per heavy atom. The lowest BCUT2D eigenvalue weighted by atomic mass is 10.0. The van der Waals surface area contributed by atoms with E-state index in [2.05, 4.69) is 10.4 Å². The highest BCUT2D eigenvalue weighted by atomic mass is 32.2. The molecule has 0 aliphatic heterocycles. The number of carbonyl (C=O) groups is 1. The van der Waals surface area contributed by atoms with Crippen LogP contribution in [0.2, 0.25) is 0 Å². The zero-order valence-electron chi connectivity index (χ0n) is 21.3. The predicted molar refractivity (Wildman–Crippen MR) is 136 cm³/mol. The Morgan fingerprint density at radius 1 is 1.09 bits per heavy atom. The second kappa shape index (κ2) is 9.84. The number of anilines is 1. The van der Waals surface area contributed by atoms with Crippen molar-refractivity contribution in [3.05, 3.63) is 46.8 Å². The van der Waals surface area contributed by atoms with E-state index in [1.807, 2.05) is 60.1 Å². The average Bonchev–Trinajstić information content (AvgIpc) is 3.20. The van der Waals surface area contributed by atoms with Crippen molar-refractivity contribution in [3.8, 4) is 0 Å². The molecule has 2 aromatic heterocycles. The van der Waals surface area contributed by atoms with E-state index in [9.17, 15) is 13.2 Å². The van der Waals surface area contributed by atoms with Crippen LogP contribution in [-0.2, 0) is 10.0 Å². The van der Waals surface area contributed by atoms with Crippen molar-refractivity contribution in [2.24, 2.45) is 0 Å². The number of rotatable bonds is 8. The molecule has 2 heterocycles. The molecule has 9 heteroatoms. The molecule has 0 spiro atoms. The molecule has 1 aromatic carbocycles. The Bertz CT molecular complexity index is 1320. The fourth-order valence-electron chi connectivity index (χ4n) is 3.91. The van der Waals surface area contributed by atoms with Crippen molar-refractivity contribution in [1.29, 1.82) is 0 Å². The Morgan fingerprint density at radius 2 is 1.74 bits per heavy atom. The van der Waals surface area contributed by atoms with Gasteiger partial charge in [-0.2, -0.15) is 9.40 Å². The van der Waals surface area contributed by atoms with Crippen LogP contribution in [0.25, 0.3) is 11.0 Å². The Hall–Kier alpha value is -2.78. The maximum atomic E-state index is 13.5. The number of amides is 1. The quantitative estimate of drug-likeness (QED) is 0.482. The molecule has 1 N–H and O–H groups in total. The number of nitrogens with one attached hydrogen (secondary N) is 1. The van der Waals surface area contributed by atoms with Gasteiger partial charge in [0.15, 0.2) is 5.65 Å². The van der Waals surface area contributed by atoms with Gasteiger partial charge in [0.2, 0.25) is 10.0 Å². The fraction of sp³-hybridized carbons (Fsp3) is 0.480. The van der Waals surface area contributed by atoms with Crippen LogP contribution < -0.4 is 5.32 Å². The zero-order chi connectivity index (χ0) is 25.4. The van der Waals surface area contributed by atoms with E-state index in [-0.39, 0.29) is 22.8 Å². The minimum absolute atomic E-state index is 0.0928. The molecule has 0 fully saturated rings. The fourth-order valence-corrected chi connectivity index (χ4v) is 5.48. The molecule has 3 aromatic rings. The lowest BCUT2D eigenvalue weighted by Gasteiger charge is -2.20. The van der Waals surface area contributed by atoms with Crippen molar-refractivity contribution < 1.29 is 13.2 Å². The summed E-state index contributed by atoms with van der Waals surface area (Å²) in [7, 11) is -3.66. The molecule has 34 heavy (non-hydrogen) atoms. The summed E-state index contributed by atoms with van der Waals surface area (Å²) in [4.78, 5) is 18.4. The minimum atomic E-state index is -3.66. The van der Waals surface area contributed by atoms with E-state index in [0.29, 0.717) is 35.4 Å². The summed E-state index contributed by atoms with van der Waals surface area (Å²) in [6.45, 7) is 16.2. The SMILES string of the molecule is CCN(CC)S(=O)(=O)c1cc(C)c(C)c(NC(=O)c2cc(C(C)C)nc3c2cnn3C(C)C)c1. The third-order valence-electron chi connectivity index (χ3n) is 6.14. The third kappa shape index (κ3) is 4.72. The summed E-state index contributed by atoms with van der Waals surface area (Å²) in [5, 5.41) is 8.08. The molecule has 0 saturated carbocycles. The number of aryl methyl sites for hydroxylation is 1. The summed E-state index contributed by atoms with van der Waals surface area (Å²) in [5.41, 5.74) is 4.01. The molecule has 8 nitrogen and oxygen atoms in total. The van der Waals surface area contributed by atoms with Gasteiger partial charge in [-0.3, -0.25) is 4.79 Å². The van der Waals surface area contributed by atoms with Crippen molar-refractivity contribution >= 4 is 32.7 Å². The van der Waals surface area contributed by atoms with Crippen LogP contribution in [0.1, 0.15) is 80.7 Å². The number of aromatic nitrogens is 3. The third-order valence-corrected chi connectivity index (χ3v) is 8.17. The van der Waals surface area contributed by atoms with Crippen molar-refractivity contribution in [3.63, 3.8) is 0 Å². The first kappa shape index (κ1) is 25.8. The summed E-state index contributed by atoms with van der Waals surface area (Å²) in [6, 6.07) is 5.10. The van der Waals surface area contributed by atoms with Crippen LogP contribution >= 0.6 is 0 Å². The molecule has 0 bridgehead atoms. The molecule has 1 amide bonds. The van der Waals surface area contributed by atoms with Crippen LogP contribution in [0.5, 0.6) is 0 Å². The molecule has 3 rings (SSSR count). The van der Waals surface area contributed by atoms with Gasteiger partial charge < -0.3 is 5.32 Å². The summed E-state index contributed by atoms with van der Waals surface area (Å²) < 4.78 is 29.5. The second-order valence-electron chi connectivity index (χ2n) is 9.13. The summed E-state index contributed by atoms with van der Waals surface area (Å²) in [5.74, 6) is -0.199. The van der Waals surface area contributed by atoms with Crippen LogP contribution in [0, 0.1) is 13.8 Å². The predicted octanol–water partition coefficient (Wildman–Crippen LogP) is 5.04. The number of benzene rings is 1. The van der Waals surface area contributed by atoms with Gasteiger partial charge in [-0.05, 0) is 62.9 Å². The topological polar surface area (TPSA) is 97.2 Å². The van der Waals surface area contributed by atoms with E-state index < -0.39 is 10.0 Å². The van der Waals surface area contributed by atoms with Crippen molar-refractivity contribution in [2.75, 3.05) is 18.4 Å². The standard InChI is InChI=1S/C25H35N5O3S/c1-9-29(10-2)34(32,33)19-11-17(7)18(8)23(12-19)28-25(31)20-13-22(15(3)4)27-24-21(20)14-26-30(24)16(5)6/h11-16H,9-10H2,1-8H3,(H,28,31). The van der Waals surface area contributed by atoms with Crippen LogP contribution in [-0.4, -0.2) is 46.5 Å². The van der Waals surface area contributed by atoms with Gasteiger partial charge in [0.25, 0.3) is 5.91 Å². The average molecular weight is 486 g/mol. The Balaban J connectivity index is 2.11. The molecule has 0 saturated heterocycles. The highest BCUT2D eigenvalue weighted by Crippen LogP contribution is 2.29. The molecular weight excluding hydrogens is 450 g/mol. The van der Waals surface area contributed by atoms with Crippen LogP contribution in [0.3, 0.4) is 0 Å². The monoisotopic (exact) mass is 485 g/mol. The molecule has 0 atom stereocenters. The maximum absolute atomic E-state index is 13.5. The van der Waals surface area contributed by atoms with Gasteiger partial charge in [-0.1, -0.05) is 27.7 Å². The second-order valence-corrected chi connectivity index (χ2v) is 11.1. The van der Waals surface area contributed by atoms with Crippen molar-refractivity contribution in [1.82, 2.24) is 19.1 Å². The lowest BCUT2D eigenvalue weighted by Crippen LogP contribution is -2.30. The van der Waals surface area contributed by atoms with E-state index in [0.717, 1.165) is 16.8 Å². The first-order chi connectivity index (χ1) is 15.9. The number of hydrogen-bond donors (Lipinski definition) is 1. The Kier molecular flexibility index (Phi) is 7.47. The van der Waals surface area contributed by atoms with Crippen LogP contribution in [0.4, 0.5) is 5.69 Å². The van der Waals surface area contributed by atoms with Gasteiger partial charge in [0.1, 0.15) is 0 Å². The van der Waals surface area contributed by atoms with Crippen LogP contribution in [0.15, 0.2) is 29.3 Å². The smallest absolute Gasteiger partial charge is 0.256 e. The molecule has 0 aliphatic carbocycles. The molecule has 0 unspecified atom stereocenters. The molecule has 184 valence electrons. The number of nitrogens with zero attached hydrogens (tertiary/aromatic N) is 4. The molecular formula is C25H35N5O3S. The number of carbonyl (C=O) groups excluding carboxylic acids is 1. The number of pyridine rings is 1. The van der Waals surface area contributed by atoms with E-state index >= 15 is 0 Å². The molecule has 0 radical (unpaired) electrons. The Labute approximate surface area is 202 Å².